The van der Waals surface area contributed by atoms with Gasteiger partial charge in [-0.15, -0.1) is 0 Å². The van der Waals surface area contributed by atoms with Crippen LogP contribution in [0.1, 0.15) is 5.56 Å². The Morgan fingerprint density at radius 1 is 1.33 bits per heavy atom. The fraction of sp³-hybridized carbons (Fsp3) is 0.154. The molecule has 0 fully saturated rings. The van der Waals surface area contributed by atoms with Gasteiger partial charge in [-0.05, 0) is 27.6 Å². The van der Waals surface area contributed by atoms with Gasteiger partial charge in [-0.1, -0.05) is 30.3 Å². The van der Waals surface area contributed by atoms with Gasteiger partial charge in [0, 0.05) is 24.3 Å². The van der Waals surface area contributed by atoms with Crippen LogP contribution < -0.4 is 11.3 Å². The number of aromatic nitrogens is 1. The molecule has 0 amide bonds. The van der Waals surface area contributed by atoms with Crippen LogP contribution in [-0.2, 0) is 16.6 Å². The number of hydrogen-bond donors (Lipinski definition) is 2. The summed E-state index contributed by atoms with van der Waals surface area (Å²) in [5.41, 5.74) is 3.21. The predicted octanol–water partition coefficient (Wildman–Crippen LogP) is 1.95. The van der Waals surface area contributed by atoms with Gasteiger partial charge in [0.1, 0.15) is 4.90 Å². The molecule has 2 aromatic rings. The minimum Gasteiger partial charge on any atom is -0.307 e. The lowest BCUT2D eigenvalue weighted by Crippen LogP contribution is -2.28. The normalized spacial score (nSPS) is 11.6. The maximum atomic E-state index is 12.6. The van der Waals surface area contributed by atoms with Gasteiger partial charge in [-0.3, -0.25) is 0 Å². The first-order chi connectivity index (χ1) is 9.95. The largest absolute Gasteiger partial charge is 0.307 e. The second-order valence-corrected chi connectivity index (χ2v) is 7.32. The summed E-state index contributed by atoms with van der Waals surface area (Å²) in [5, 5.41) is 0. The second kappa shape index (κ2) is 6.52. The standard InChI is InChI=1S/C13H15BrN4O2S/c1-18(9-10-5-3-2-4-6-10)21(19,20)12-7-11(14)8-16-13(12)17-15/h2-8H,9,15H2,1H3,(H,16,17). The molecule has 0 bridgehead atoms. The highest BCUT2D eigenvalue weighted by Gasteiger charge is 2.25. The summed E-state index contributed by atoms with van der Waals surface area (Å²) < 4.78 is 27.1. The van der Waals surface area contributed by atoms with E-state index < -0.39 is 10.0 Å². The second-order valence-electron chi connectivity index (χ2n) is 4.39. The zero-order valence-electron chi connectivity index (χ0n) is 11.3. The summed E-state index contributed by atoms with van der Waals surface area (Å²) in [5.74, 6) is 5.45. The molecule has 0 aliphatic carbocycles. The number of nitrogens with two attached hydrogens (primary N) is 1. The van der Waals surface area contributed by atoms with E-state index in [2.05, 4.69) is 26.3 Å². The van der Waals surface area contributed by atoms with Crippen molar-refractivity contribution in [2.45, 2.75) is 11.4 Å². The van der Waals surface area contributed by atoms with Gasteiger partial charge in [-0.2, -0.15) is 4.31 Å². The molecule has 6 nitrogen and oxygen atoms in total. The molecule has 0 atom stereocenters. The van der Waals surface area contributed by atoms with Crippen LogP contribution in [0.4, 0.5) is 5.82 Å². The van der Waals surface area contributed by atoms with Crippen LogP contribution in [0.2, 0.25) is 0 Å². The van der Waals surface area contributed by atoms with E-state index in [0.717, 1.165) is 5.56 Å². The number of sulfonamides is 1. The molecule has 0 saturated carbocycles. The van der Waals surface area contributed by atoms with Crippen molar-refractivity contribution in [3.8, 4) is 0 Å². The molecular formula is C13H15BrN4O2S. The van der Waals surface area contributed by atoms with Crippen molar-refractivity contribution in [3.63, 3.8) is 0 Å². The zero-order chi connectivity index (χ0) is 15.5. The fourth-order valence-electron chi connectivity index (χ4n) is 1.82. The lowest BCUT2D eigenvalue weighted by molar-refractivity contribution is 0.466. The third-order valence-electron chi connectivity index (χ3n) is 2.89. The van der Waals surface area contributed by atoms with E-state index in [1.807, 2.05) is 30.3 Å². The molecule has 1 aromatic heterocycles. The zero-order valence-corrected chi connectivity index (χ0v) is 13.7. The molecule has 0 unspecified atom stereocenters. The van der Waals surface area contributed by atoms with Crippen LogP contribution in [0.25, 0.3) is 0 Å². The van der Waals surface area contributed by atoms with Crippen molar-refractivity contribution in [2.75, 3.05) is 12.5 Å². The molecule has 1 heterocycles. The van der Waals surface area contributed by atoms with E-state index in [1.54, 1.807) is 0 Å². The van der Waals surface area contributed by atoms with Crippen LogP contribution >= 0.6 is 15.9 Å². The Hall–Kier alpha value is -1.48. The first kappa shape index (κ1) is 15.9. The quantitative estimate of drug-likeness (QED) is 0.620. The van der Waals surface area contributed by atoms with Crippen LogP contribution in [0, 0.1) is 0 Å². The molecule has 0 radical (unpaired) electrons. The van der Waals surface area contributed by atoms with Crippen LogP contribution in [-0.4, -0.2) is 24.8 Å². The number of halogens is 1. The van der Waals surface area contributed by atoms with Gasteiger partial charge in [-0.25, -0.2) is 19.2 Å². The van der Waals surface area contributed by atoms with Crippen molar-refractivity contribution in [2.24, 2.45) is 5.84 Å². The Kier molecular flexibility index (Phi) is 4.94. The summed E-state index contributed by atoms with van der Waals surface area (Å²) in [6.07, 6.45) is 1.48. The van der Waals surface area contributed by atoms with Gasteiger partial charge >= 0.3 is 0 Å². The molecule has 3 N–H and O–H groups in total. The number of nitrogens with one attached hydrogen (secondary N) is 1. The molecule has 0 saturated heterocycles. The number of anilines is 1. The molecule has 2 rings (SSSR count). The number of hydrazine groups is 1. The molecule has 0 aliphatic rings. The van der Waals surface area contributed by atoms with E-state index in [4.69, 9.17) is 5.84 Å². The summed E-state index contributed by atoms with van der Waals surface area (Å²) in [6.45, 7) is 0.264. The SMILES string of the molecule is CN(Cc1ccccc1)S(=O)(=O)c1cc(Br)cnc1NN. The van der Waals surface area contributed by atoms with Gasteiger partial charge in [0.05, 0.1) is 0 Å². The van der Waals surface area contributed by atoms with Gasteiger partial charge in [0.25, 0.3) is 0 Å². The highest BCUT2D eigenvalue weighted by Crippen LogP contribution is 2.25. The minimum absolute atomic E-state index is 0.0257. The summed E-state index contributed by atoms with van der Waals surface area (Å²) in [7, 11) is -2.19. The number of nitrogens with zero attached hydrogens (tertiary/aromatic N) is 2. The number of nitrogen functional groups attached to an aromatic ring is 1. The maximum absolute atomic E-state index is 12.6. The van der Waals surface area contributed by atoms with E-state index in [1.165, 1.54) is 23.6 Å². The van der Waals surface area contributed by atoms with Gasteiger partial charge in [0.2, 0.25) is 10.0 Å². The van der Waals surface area contributed by atoms with Crippen molar-refractivity contribution >= 4 is 31.8 Å². The van der Waals surface area contributed by atoms with E-state index in [9.17, 15) is 8.42 Å². The lowest BCUT2D eigenvalue weighted by atomic mass is 10.2. The maximum Gasteiger partial charge on any atom is 0.246 e. The van der Waals surface area contributed by atoms with E-state index in [0.29, 0.717) is 4.47 Å². The Balaban J connectivity index is 2.35. The predicted molar refractivity (Wildman–Crippen MR) is 84.8 cm³/mol. The van der Waals surface area contributed by atoms with Crippen LogP contribution in [0.15, 0.2) is 52.0 Å². The highest BCUT2D eigenvalue weighted by atomic mass is 79.9. The first-order valence-electron chi connectivity index (χ1n) is 6.07. The Labute approximate surface area is 132 Å². The number of hydrogen-bond acceptors (Lipinski definition) is 5. The molecule has 1 aromatic carbocycles. The molecule has 0 spiro atoms. The Morgan fingerprint density at radius 3 is 2.62 bits per heavy atom. The summed E-state index contributed by atoms with van der Waals surface area (Å²) >= 11 is 3.22. The van der Waals surface area contributed by atoms with Crippen molar-refractivity contribution < 1.29 is 8.42 Å². The first-order valence-corrected chi connectivity index (χ1v) is 8.31. The highest BCUT2D eigenvalue weighted by molar-refractivity contribution is 9.10. The van der Waals surface area contributed by atoms with Crippen molar-refractivity contribution in [1.29, 1.82) is 0 Å². The average Bonchev–Trinajstić information content (AvgIpc) is 2.48. The third kappa shape index (κ3) is 3.59. The number of benzene rings is 1. The topological polar surface area (TPSA) is 88.3 Å². The van der Waals surface area contributed by atoms with Crippen molar-refractivity contribution in [3.05, 3.63) is 52.6 Å². The van der Waals surface area contributed by atoms with Gasteiger partial charge < -0.3 is 5.43 Å². The molecular weight excluding hydrogens is 356 g/mol. The third-order valence-corrected chi connectivity index (χ3v) is 5.14. The Bertz CT molecular complexity index is 722. The summed E-state index contributed by atoms with van der Waals surface area (Å²) in [4.78, 5) is 3.99. The average molecular weight is 371 g/mol. The molecule has 8 heteroatoms. The molecule has 0 aliphatic heterocycles. The van der Waals surface area contributed by atoms with Gasteiger partial charge in [0.15, 0.2) is 5.82 Å². The monoisotopic (exact) mass is 370 g/mol. The smallest absolute Gasteiger partial charge is 0.246 e. The summed E-state index contributed by atoms with van der Waals surface area (Å²) in [6, 6.07) is 10.8. The lowest BCUT2D eigenvalue weighted by Gasteiger charge is -2.19. The van der Waals surface area contributed by atoms with Crippen LogP contribution in [0.5, 0.6) is 0 Å². The Morgan fingerprint density at radius 2 is 2.00 bits per heavy atom. The molecule has 21 heavy (non-hydrogen) atoms. The fourth-order valence-corrected chi connectivity index (χ4v) is 3.59. The van der Waals surface area contributed by atoms with Crippen molar-refractivity contribution in [1.82, 2.24) is 9.29 Å². The number of rotatable bonds is 5. The van der Waals surface area contributed by atoms with Crippen LogP contribution in [0.3, 0.4) is 0 Å². The van der Waals surface area contributed by atoms with E-state index >= 15 is 0 Å². The van der Waals surface area contributed by atoms with E-state index in [-0.39, 0.29) is 17.3 Å². The minimum atomic E-state index is -3.70. The number of pyridine rings is 1. The molecule has 112 valence electrons.